The van der Waals surface area contributed by atoms with Crippen LogP contribution in [0.4, 0.5) is 13.2 Å². The number of halogens is 3. The maximum atomic E-state index is 12.5. The van der Waals surface area contributed by atoms with Crippen LogP contribution in [0.1, 0.15) is 24.1 Å². The third-order valence-electron chi connectivity index (χ3n) is 2.61. The van der Waals surface area contributed by atoms with E-state index < -0.39 is 23.6 Å². The summed E-state index contributed by atoms with van der Waals surface area (Å²) in [5.74, 6) is -1.94. The lowest BCUT2D eigenvalue weighted by Gasteiger charge is -2.05. The van der Waals surface area contributed by atoms with Crippen molar-refractivity contribution < 1.29 is 23.1 Å². The quantitative estimate of drug-likeness (QED) is 0.900. The second kappa shape index (κ2) is 4.01. The third kappa shape index (κ3) is 2.15. The van der Waals surface area contributed by atoms with E-state index in [1.807, 2.05) is 0 Å². The first-order chi connectivity index (χ1) is 8.29. The van der Waals surface area contributed by atoms with Gasteiger partial charge in [-0.3, -0.25) is 4.79 Å². The number of rotatable bonds is 2. The number of carboxylic acids is 1. The maximum absolute atomic E-state index is 12.5. The number of carbonyl (C=O) groups is 1. The van der Waals surface area contributed by atoms with Crippen LogP contribution in [0.15, 0.2) is 24.5 Å². The maximum Gasteiger partial charge on any atom is 0.417 e. The van der Waals surface area contributed by atoms with E-state index in [-0.39, 0.29) is 11.3 Å². The number of nitrogens with zero attached hydrogens (tertiary/aromatic N) is 2. The summed E-state index contributed by atoms with van der Waals surface area (Å²) < 4.78 is 38.6. The first-order valence-corrected chi connectivity index (χ1v) is 5.07. The van der Waals surface area contributed by atoms with Crippen LogP contribution in [0.25, 0.3) is 5.65 Å². The number of alkyl halides is 3. The molecule has 2 aromatic rings. The standard InChI is InChI=1S/C11H9F3N2O2/c1-6(10(17)18)8-5-16-4-7(11(12,13)14)2-3-9(16)15-8/h2-6H,1H3,(H,17,18)/t6-/m0/s1. The highest BCUT2D eigenvalue weighted by Gasteiger charge is 2.31. The van der Waals surface area contributed by atoms with E-state index in [9.17, 15) is 18.0 Å². The van der Waals surface area contributed by atoms with E-state index in [1.54, 1.807) is 0 Å². The zero-order valence-electron chi connectivity index (χ0n) is 9.27. The van der Waals surface area contributed by atoms with Crippen molar-refractivity contribution in [3.05, 3.63) is 35.8 Å². The van der Waals surface area contributed by atoms with Gasteiger partial charge >= 0.3 is 12.1 Å². The molecule has 0 aliphatic rings. The topological polar surface area (TPSA) is 54.6 Å². The molecule has 2 heterocycles. The van der Waals surface area contributed by atoms with Crippen LogP contribution in [0.3, 0.4) is 0 Å². The molecule has 0 unspecified atom stereocenters. The van der Waals surface area contributed by atoms with Gasteiger partial charge in [-0.25, -0.2) is 4.98 Å². The molecule has 0 aliphatic heterocycles. The first-order valence-electron chi connectivity index (χ1n) is 5.07. The Morgan fingerprint density at radius 3 is 2.61 bits per heavy atom. The van der Waals surface area contributed by atoms with Crippen LogP contribution < -0.4 is 0 Å². The highest BCUT2D eigenvalue weighted by atomic mass is 19.4. The van der Waals surface area contributed by atoms with Crippen molar-refractivity contribution in [2.45, 2.75) is 19.0 Å². The van der Waals surface area contributed by atoms with Crippen LogP contribution in [0.5, 0.6) is 0 Å². The highest BCUT2D eigenvalue weighted by Crippen LogP contribution is 2.29. The molecular weight excluding hydrogens is 249 g/mol. The average molecular weight is 258 g/mol. The van der Waals surface area contributed by atoms with Crippen LogP contribution in [-0.2, 0) is 11.0 Å². The molecule has 2 aromatic heterocycles. The van der Waals surface area contributed by atoms with Gasteiger partial charge in [0.05, 0.1) is 17.2 Å². The number of imidazole rings is 1. The van der Waals surface area contributed by atoms with Crippen molar-refractivity contribution in [2.24, 2.45) is 0 Å². The van der Waals surface area contributed by atoms with Gasteiger partial charge in [-0.05, 0) is 19.1 Å². The van der Waals surface area contributed by atoms with E-state index in [4.69, 9.17) is 5.11 Å². The minimum atomic E-state index is -4.43. The highest BCUT2D eigenvalue weighted by molar-refractivity contribution is 5.75. The first kappa shape index (κ1) is 12.4. The predicted octanol–water partition coefficient (Wildman–Crippen LogP) is 2.54. The van der Waals surface area contributed by atoms with E-state index in [0.717, 1.165) is 12.3 Å². The van der Waals surface area contributed by atoms with Gasteiger partial charge in [-0.2, -0.15) is 13.2 Å². The smallest absolute Gasteiger partial charge is 0.417 e. The molecular formula is C11H9F3N2O2. The summed E-state index contributed by atoms with van der Waals surface area (Å²) in [5.41, 5.74) is -0.296. The van der Waals surface area contributed by atoms with Crippen molar-refractivity contribution in [1.82, 2.24) is 9.38 Å². The summed E-state index contributed by atoms with van der Waals surface area (Å²) in [6, 6.07) is 2.12. The molecule has 96 valence electrons. The molecule has 0 spiro atoms. The molecule has 7 heteroatoms. The number of aliphatic carboxylic acids is 1. The molecule has 1 N–H and O–H groups in total. The largest absolute Gasteiger partial charge is 0.481 e. The molecule has 0 aliphatic carbocycles. The normalized spacial score (nSPS) is 13.8. The minimum Gasteiger partial charge on any atom is -0.481 e. The Balaban J connectivity index is 2.49. The molecule has 0 bridgehead atoms. The van der Waals surface area contributed by atoms with Crippen molar-refractivity contribution >= 4 is 11.6 Å². The monoisotopic (exact) mass is 258 g/mol. The molecule has 0 amide bonds. The van der Waals surface area contributed by atoms with Gasteiger partial charge in [0.2, 0.25) is 0 Å². The van der Waals surface area contributed by atoms with Gasteiger partial charge in [0.25, 0.3) is 0 Å². The average Bonchev–Trinajstić information content (AvgIpc) is 2.68. The van der Waals surface area contributed by atoms with Crippen LogP contribution >= 0.6 is 0 Å². The van der Waals surface area contributed by atoms with E-state index in [1.165, 1.54) is 23.6 Å². The lowest BCUT2D eigenvalue weighted by molar-refractivity contribution is -0.139. The summed E-state index contributed by atoms with van der Waals surface area (Å²) in [7, 11) is 0. The molecule has 4 nitrogen and oxygen atoms in total. The predicted molar refractivity (Wildman–Crippen MR) is 56.2 cm³/mol. The Labute approximate surface area is 99.7 Å². The summed E-state index contributed by atoms with van der Waals surface area (Å²) in [6.45, 7) is 1.43. The van der Waals surface area contributed by atoms with Gasteiger partial charge in [-0.15, -0.1) is 0 Å². The number of fused-ring (bicyclic) bond motifs is 1. The summed E-state index contributed by atoms with van der Waals surface area (Å²) >= 11 is 0. The van der Waals surface area contributed by atoms with Gasteiger partial charge in [0, 0.05) is 12.4 Å². The number of aromatic nitrogens is 2. The molecule has 0 fully saturated rings. The van der Waals surface area contributed by atoms with E-state index >= 15 is 0 Å². The lowest BCUT2D eigenvalue weighted by atomic mass is 10.1. The fourth-order valence-electron chi connectivity index (χ4n) is 1.51. The zero-order valence-corrected chi connectivity index (χ0v) is 9.27. The lowest BCUT2D eigenvalue weighted by Crippen LogP contribution is -2.07. The third-order valence-corrected chi connectivity index (χ3v) is 2.61. The van der Waals surface area contributed by atoms with Crippen LogP contribution in [0, 0.1) is 0 Å². The van der Waals surface area contributed by atoms with Crippen molar-refractivity contribution in [3.63, 3.8) is 0 Å². The van der Waals surface area contributed by atoms with Gasteiger partial charge < -0.3 is 9.51 Å². The van der Waals surface area contributed by atoms with E-state index in [2.05, 4.69) is 4.98 Å². The summed E-state index contributed by atoms with van der Waals surface area (Å²) in [5, 5.41) is 8.82. The summed E-state index contributed by atoms with van der Waals surface area (Å²) in [4.78, 5) is 14.7. The fourth-order valence-corrected chi connectivity index (χ4v) is 1.51. The van der Waals surface area contributed by atoms with E-state index in [0.29, 0.717) is 0 Å². The molecule has 2 rings (SSSR count). The minimum absolute atomic E-state index is 0.224. The SMILES string of the molecule is C[C@H](C(=O)O)c1cn2cc(C(F)(F)F)ccc2n1. The van der Waals surface area contributed by atoms with Crippen molar-refractivity contribution in [3.8, 4) is 0 Å². The zero-order chi connectivity index (χ0) is 13.5. The Hall–Kier alpha value is -2.05. The summed E-state index contributed by atoms with van der Waals surface area (Å²) in [6.07, 6.45) is -2.25. The number of pyridine rings is 1. The van der Waals surface area contributed by atoms with Crippen molar-refractivity contribution in [1.29, 1.82) is 0 Å². The molecule has 1 atom stereocenters. The Morgan fingerprint density at radius 1 is 1.39 bits per heavy atom. The number of hydrogen-bond donors (Lipinski definition) is 1. The molecule has 18 heavy (non-hydrogen) atoms. The second-order valence-electron chi connectivity index (χ2n) is 3.91. The van der Waals surface area contributed by atoms with Crippen LogP contribution in [-0.4, -0.2) is 20.5 Å². The van der Waals surface area contributed by atoms with Crippen molar-refractivity contribution in [2.75, 3.05) is 0 Å². The van der Waals surface area contributed by atoms with Gasteiger partial charge in [0.1, 0.15) is 5.65 Å². The van der Waals surface area contributed by atoms with Crippen LogP contribution in [0.2, 0.25) is 0 Å². The molecule has 0 radical (unpaired) electrons. The number of hydrogen-bond acceptors (Lipinski definition) is 2. The van der Waals surface area contributed by atoms with Gasteiger partial charge in [0.15, 0.2) is 0 Å². The fraction of sp³-hybridized carbons (Fsp3) is 0.273. The second-order valence-corrected chi connectivity index (χ2v) is 3.91. The Kier molecular flexibility index (Phi) is 2.76. The molecule has 0 saturated carbocycles. The van der Waals surface area contributed by atoms with Gasteiger partial charge in [-0.1, -0.05) is 0 Å². The Bertz CT molecular complexity index is 604. The Morgan fingerprint density at radius 2 is 2.06 bits per heavy atom. The molecule has 0 aromatic carbocycles. The molecule has 0 saturated heterocycles. The number of carboxylic acid groups (broad SMARTS) is 1.